The molecule has 0 radical (unpaired) electrons. The molecule has 4 nitrogen and oxygen atoms in total. The van der Waals surface area contributed by atoms with Gasteiger partial charge in [-0.05, 0) is 18.2 Å². The van der Waals surface area contributed by atoms with Crippen LogP contribution in [0.4, 0.5) is 0 Å². The van der Waals surface area contributed by atoms with Gasteiger partial charge in [-0.3, -0.25) is 10.1 Å². The lowest BCUT2D eigenvalue weighted by Crippen LogP contribution is -1.92. The van der Waals surface area contributed by atoms with Crippen molar-refractivity contribution in [3.05, 3.63) is 62.4 Å². The summed E-state index contributed by atoms with van der Waals surface area (Å²) < 4.78 is 6.48. The van der Waals surface area contributed by atoms with Gasteiger partial charge in [0.2, 0.25) is 5.70 Å². The summed E-state index contributed by atoms with van der Waals surface area (Å²) in [7, 11) is 0. The third-order valence-corrected chi connectivity index (χ3v) is 3.10. The van der Waals surface area contributed by atoms with Crippen LogP contribution in [-0.4, -0.2) is 4.92 Å². The van der Waals surface area contributed by atoms with Crippen LogP contribution in [0.1, 0.15) is 12.7 Å². The lowest BCUT2D eigenvalue weighted by molar-refractivity contribution is -0.422. The smallest absolute Gasteiger partial charge is 0.246 e. The molecule has 0 spiro atoms. The molecule has 0 unspecified atom stereocenters. The fourth-order valence-electron chi connectivity index (χ4n) is 1.49. The van der Waals surface area contributed by atoms with E-state index in [1.807, 2.05) is 24.3 Å². The monoisotopic (exact) mass is 307 g/mol. The van der Waals surface area contributed by atoms with Crippen molar-refractivity contribution < 1.29 is 9.34 Å². The molecule has 1 aromatic heterocycles. The third-order valence-electron chi connectivity index (χ3n) is 2.41. The van der Waals surface area contributed by atoms with Crippen molar-refractivity contribution in [2.24, 2.45) is 0 Å². The summed E-state index contributed by atoms with van der Waals surface area (Å²) in [5, 5.41) is 10.5. The summed E-state index contributed by atoms with van der Waals surface area (Å²) in [5.74, 6) is 1.14. The molecule has 0 aliphatic rings. The maximum Gasteiger partial charge on any atom is 0.246 e. The second-order valence-corrected chi connectivity index (χ2v) is 4.58. The molecule has 0 saturated carbocycles. The van der Waals surface area contributed by atoms with Crippen LogP contribution in [0.5, 0.6) is 0 Å². The Bertz CT molecular complexity index is 616. The average Bonchev–Trinajstić information content (AvgIpc) is 2.77. The van der Waals surface area contributed by atoms with Gasteiger partial charge in [0.1, 0.15) is 11.5 Å². The van der Waals surface area contributed by atoms with Gasteiger partial charge in [0.25, 0.3) is 0 Å². The molecule has 18 heavy (non-hydrogen) atoms. The highest BCUT2D eigenvalue weighted by Crippen LogP contribution is 2.29. The van der Waals surface area contributed by atoms with Crippen LogP contribution in [0.15, 0.2) is 51.0 Å². The number of halogens is 1. The van der Waals surface area contributed by atoms with Gasteiger partial charge in [-0.1, -0.05) is 34.1 Å². The molecule has 2 rings (SSSR count). The first-order valence-electron chi connectivity index (χ1n) is 5.25. The van der Waals surface area contributed by atoms with E-state index in [2.05, 4.69) is 15.9 Å². The fraction of sp³-hybridized carbons (Fsp3) is 0.0769. The number of furan rings is 1. The zero-order valence-electron chi connectivity index (χ0n) is 9.59. The summed E-state index contributed by atoms with van der Waals surface area (Å²) in [6.45, 7) is 1.43. The van der Waals surface area contributed by atoms with Crippen molar-refractivity contribution in [2.75, 3.05) is 0 Å². The summed E-state index contributed by atoms with van der Waals surface area (Å²) >= 11 is 3.43. The second-order valence-electron chi connectivity index (χ2n) is 3.72. The zero-order chi connectivity index (χ0) is 13.1. The van der Waals surface area contributed by atoms with Crippen molar-refractivity contribution in [1.29, 1.82) is 0 Å². The van der Waals surface area contributed by atoms with E-state index < -0.39 is 4.92 Å². The number of hydrogen-bond donors (Lipinski definition) is 0. The Balaban J connectivity index is 2.35. The largest absolute Gasteiger partial charge is 0.456 e. The van der Waals surface area contributed by atoms with E-state index in [0.29, 0.717) is 11.5 Å². The third kappa shape index (κ3) is 2.68. The van der Waals surface area contributed by atoms with E-state index in [0.717, 1.165) is 10.0 Å². The van der Waals surface area contributed by atoms with E-state index in [9.17, 15) is 10.1 Å². The first kappa shape index (κ1) is 12.6. The molecule has 1 aromatic carbocycles. The van der Waals surface area contributed by atoms with E-state index in [-0.39, 0.29) is 5.70 Å². The molecule has 2 aromatic rings. The lowest BCUT2D eigenvalue weighted by atomic mass is 10.2. The molecule has 92 valence electrons. The Morgan fingerprint density at radius 1 is 1.33 bits per heavy atom. The summed E-state index contributed by atoms with van der Waals surface area (Å²) in [6.07, 6.45) is 1.40. The number of benzene rings is 1. The highest BCUT2D eigenvalue weighted by molar-refractivity contribution is 9.10. The Morgan fingerprint density at radius 2 is 2.06 bits per heavy atom. The molecule has 0 aliphatic heterocycles. The molecule has 1 heterocycles. The van der Waals surface area contributed by atoms with Gasteiger partial charge in [0.15, 0.2) is 0 Å². The first-order chi connectivity index (χ1) is 8.58. The van der Waals surface area contributed by atoms with Gasteiger partial charge in [0, 0.05) is 17.0 Å². The Labute approximate surface area is 112 Å². The molecule has 0 N–H and O–H groups in total. The van der Waals surface area contributed by atoms with Gasteiger partial charge in [-0.2, -0.15) is 0 Å². The molecule has 0 aliphatic carbocycles. The van der Waals surface area contributed by atoms with Crippen LogP contribution < -0.4 is 0 Å². The van der Waals surface area contributed by atoms with E-state index in [1.165, 1.54) is 13.0 Å². The van der Waals surface area contributed by atoms with Crippen molar-refractivity contribution in [1.82, 2.24) is 0 Å². The fourth-order valence-corrected chi connectivity index (χ4v) is 1.97. The van der Waals surface area contributed by atoms with Crippen molar-refractivity contribution >= 4 is 22.0 Å². The molecule has 0 atom stereocenters. The predicted octanol–water partition coefficient (Wildman–Crippen LogP) is 4.35. The molecule has 0 fully saturated rings. The Hall–Kier alpha value is -1.88. The number of allylic oxidation sites excluding steroid dienone is 1. The highest BCUT2D eigenvalue weighted by Gasteiger charge is 2.09. The van der Waals surface area contributed by atoms with E-state index in [4.69, 9.17) is 4.42 Å². The van der Waals surface area contributed by atoms with E-state index >= 15 is 0 Å². The van der Waals surface area contributed by atoms with Crippen LogP contribution in [0.25, 0.3) is 17.4 Å². The maximum absolute atomic E-state index is 10.5. The molecule has 0 bridgehead atoms. The van der Waals surface area contributed by atoms with Crippen LogP contribution in [0.3, 0.4) is 0 Å². The van der Waals surface area contributed by atoms with Crippen molar-refractivity contribution in [2.45, 2.75) is 6.92 Å². The number of nitrogens with zero attached hydrogens (tertiary/aromatic N) is 1. The summed E-state index contributed by atoms with van der Waals surface area (Å²) in [6, 6.07) is 11.1. The van der Waals surface area contributed by atoms with Crippen LogP contribution in [0.2, 0.25) is 0 Å². The minimum absolute atomic E-state index is 0.0445. The minimum Gasteiger partial charge on any atom is -0.456 e. The van der Waals surface area contributed by atoms with Crippen molar-refractivity contribution in [3.63, 3.8) is 0 Å². The molecular formula is C13H10BrNO3. The van der Waals surface area contributed by atoms with Gasteiger partial charge in [-0.15, -0.1) is 0 Å². The quantitative estimate of drug-likeness (QED) is 0.626. The number of nitro groups is 1. The Kier molecular flexibility index (Phi) is 3.62. The maximum atomic E-state index is 10.5. The van der Waals surface area contributed by atoms with Crippen molar-refractivity contribution in [3.8, 4) is 11.3 Å². The molecule has 5 heteroatoms. The topological polar surface area (TPSA) is 56.3 Å². The van der Waals surface area contributed by atoms with Gasteiger partial charge < -0.3 is 4.42 Å². The lowest BCUT2D eigenvalue weighted by Gasteiger charge is -1.99. The molecular weight excluding hydrogens is 298 g/mol. The standard InChI is InChI=1S/C13H10BrNO3/c1-9(15(16)17)8-10-6-7-13(18-10)11-4-2-3-5-12(11)14/h2-8H,1H3/b9-8+. The average molecular weight is 308 g/mol. The highest BCUT2D eigenvalue weighted by atomic mass is 79.9. The van der Waals surface area contributed by atoms with Gasteiger partial charge in [0.05, 0.1) is 11.0 Å². The predicted molar refractivity (Wildman–Crippen MR) is 72.5 cm³/mol. The second kappa shape index (κ2) is 5.18. The van der Waals surface area contributed by atoms with Crippen LogP contribution in [-0.2, 0) is 0 Å². The first-order valence-corrected chi connectivity index (χ1v) is 6.04. The summed E-state index contributed by atoms with van der Waals surface area (Å²) in [5.41, 5.74) is 0.957. The molecule has 0 saturated heterocycles. The van der Waals surface area contributed by atoms with Gasteiger partial charge >= 0.3 is 0 Å². The summed E-state index contributed by atoms with van der Waals surface area (Å²) in [4.78, 5) is 10.1. The molecule has 0 amide bonds. The SMILES string of the molecule is C/C(=C\c1ccc(-c2ccccc2Br)o1)[N+](=O)[O-]. The van der Waals surface area contributed by atoms with E-state index in [1.54, 1.807) is 12.1 Å². The minimum atomic E-state index is -0.444. The van der Waals surface area contributed by atoms with Crippen LogP contribution >= 0.6 is 15.9 Å². The number of hydrogen-bond acceptors (Lipinski definition) is 3. The Morgan fingerprint density at radius 3 is 2.72 bits per heavy atom. The zero-order valence-corrected chi connectivity index (χ0v) is 11.2. The normalized spacial score (nSPS) is 11.6. The number of rotatable bonds is 3. The van der Waals surface area contributed by atoms with Crippen LogP contribution in [0, 0.1) is 10.1 Å². The van der Waals surface area contributed by atoms with Gasteiger partial charge in [-0.25, -0.2) is 0 Å².